The minimum Gasteiger partial charge on any atom is -0.493 e. The Morgan fingerprint density at radius 1 is 1.31 bits per heavy atom. The standard InChI is InChI=1S/C16H15ClN4O4S/c1-24-14-8-10(7-11(17)15(14)25-2)9-18-20-16(26)19-12-5-3-4-6-13(12)21(22)23/h3-9H,1-2H3,(H2,19,20,26)/b18-9-. The van der Waals surface area contributed by atoms with Gasteiger partial charge in [0, 0.05) is 6.07 Å². The van der Waals surface area contributed by atoms with Crippen molar-refractivity contribution in [2.45, 2.75) is 0 Å². The van der Waals surface area contributed by atoms with Crippen LogP contribution in [0.15, 0.2) is 41.5 Å². The molecule has 0 bridgehead atoms. The number of benzene rings is 2. The maximum absolute atomic E-state index is 11.0. The molecule has 0 fully saturated rings. The Balaban J connectivity index is 2.06. The molecule has 0 heterocycles. The summed E-state index contributed by atoms with van der Waals surface area (Å²) < 4.78 is 10.4. The van der Waals surface area contributed by atoms with Crippen molar-refractivity contribution in [2.24, 2.45) is 5.10 Å². The van der Waals surface area contributed by atoms with Gasteiger partial charge in [-0.05, 0) is 36.0 Å². The SMILES string of the molecule is COc1cc(/C=N\NC(=S)Nc2ccccc2[N+](=O)[O-])cc(Cl)c1OC. The number of hydrogen-bond acceptors (Lipinski definition) is 6. The van der Waals surface area contributed by atoms with Crippen LogP contribution in [0.4, 0.5) is 11.4 Å². The molecule has 8 nitrogen and oxygen atoms in total. The van der Waals surface area contributed by atoms with Crippen LogP contribution in [-0.4, -0.2) is 30.5 Å². The molecule has 2 aromatic carbocycles. The average Bonchev–Trinajstić information content (AvgIpc) is 2.61. The lowest BCUT2D eigenvalue weighted by Crippen LogP contribution is -2.24. The monoisotopic (exact) mass is 394 g/mol. The molecule has 0 atom stereocenters. The molecule has 0 spiro atoms. The first kappa shape index (κ1) is 19.4. The van der Waals surface area contributed by atoms with Crippen LogP contribution in [0.25, 0.3) is 0 Å². The number of rotatable bonds is 6. The van der Waals surface area contributed by atoms with Crippen molar-refractivity contribution in [3.8, 4) is 11.5 Å². The lowest BCUT2D eigenvalue weighted by molar-refractivity contribution is -0.383. The van der Waals surface area contributed by atoms with Gasteiger partial charge in [-0.1, -0.05) is 23.7 Å². The van der Waals surface area contributed by atoms with Crippen molar-refractivity contribution in [1.82, 2.24) is 5.43 Å². The highest BCUT2D eigenvalue weighted by Crippen LogP contribution is 2.35. The number of nitro benzene ring substituents is 1. The number of nitrogens with zero attached hydrogens (tertiary/aromatic N) is 2. The van der Waals surface area contributed by atoms with Crippen LogP contribution in [0.3, 0.4) is 0 Å². The highest BCUT2D eigenvalue weighted by atomic mass is 35.5. The smallest absolute Gasteiger partial charge is 0.292 e. The molecule has 136 valence electrons. The summed E-state index contributed by atoms with van der Waals surface area (Å²) in [6.07, 6.45) is 1.47. The first-order valence-electron chi connectivity index (χ1n) is 7.21. The second-order valence-corrected chi connectivity index (χ2v) is 5.65. The Bertz CT molecular complexity index is 860. The fraction of sp³-hybridized carbons (Fsp3) is 0.125. The van der Waals surface area contributed by atoms with Crippen molar-refractivity contribution >= 4 is 46.5 Å². The quantitative estimate of drug-likeness (QED) is 0.334. The Labute approximate surface area is 159 Å². The van der Waals surface area contributed by atoms with E-state index in [9.17, 15) is 10.1 Å². The summed E-state index contributed by atoms with van der Waals surface area (Å²) >= 11 is 11.2. The van der Waals surface area contributed by atoms with E-state index in [1.54, 1.807) is 30.3 Å². The molecule has 2 rings (SSSR count). The number of ether oxygens (including phenoxy) is 2. The molecule has 0 unspecified atom stereocenters. The van der Waals surface area contributed by atoms with Gasteiger partial charge >= 0.3 is 0 Å². The average molecular weight is 395 g/mol. The molecular formula is C16H15ClN4O4S. The van der Waals surface area contributed by atoms with Gasteiger partial charge in [-0.2, -0.15) is 5.10 Å². The molecule has 0 saturated heterocycles. The normalized spacial score (nSPS) is 10.4. The highest BCUT2D eigenvalue weighted by molar-refractivity contribution is 7.80. The van der Waals surface area contributed by atoms with Crippen LogP contribution >= 0.6 is 23.8 Å². The minimum absolute atomic E-state index is 0.0905. The van der Waals surface area contributed by atoms with Gasteiger partial charge in [-0.25, -0.2) is 0 Å². The maximum Gasteiger partial charge on any atom is 0.292 e. The maximum atomic E-state index is 11.0. The zero-order valence-electron chi connectivity index (χ0n) is 13.9. The number of anilines is 1. The third-order valence-electron chi connectivity index (χ3n) is 3.18. The van der Waals surface area contributed by atoms with E-state index in [1.807, 2.05) is 0 Å². The number of nitrogens with one attached hydrogen (secondary N) is 2. The van der Waals surface area contributed by atoms with Gasteiger partial charge in [-0.3, -0.25) is 15.5 Å². The first-order chi connectivity index (χ1) is 12.5. The Kier molecular flexibility index (Phi) is 6.70. The summed E-state index contributed by atoms with van der Waals surface area (Å²) in [6.45, 7) is 0. The van der Waals surface area contributed by atoms with E-state index >= 15 is 0 Å². The number of para-hydroxylation sites is 2. The third-order valence-corrected chi connectivity index (χ3v) is 3.66. The molecule has 0 radical (unpaired) electrons. The van der Waals surface area contributed by atoms with Gasteiger partial charge in [0.15, 0.2) is 16.6 Å². The number of hydrogen-bond donors (Lipinski definition) is 2. The molecule has 2 aromatic rings. The van der Waals surface area contributed by atoms with Gasteiger partial charge in [0.1, 0.15) is 5.69 Å². The number of methoxy groups -OCH3 is 2. The Morgan fingerprint density at radius 2 is 2.04 bits per heavy atom. The second kappa shape index (κ2) is 8.97. The van der Waals surface area contributed by atoms with Crippen molar-refractivity contribution in [3.63, 3.8) is 0 Å². The van der Waals surface area contributed by atoms with E-state index in [-0.39, 0.29) is 16.5 Å². The third kappa shape index (κ3) is 4.80. The van der Waals surface area contributed by atoms with Crippen molar-refractivity contribution in [2.75, 3.05) is 19.5 Å². The predicted molar refractivity (Wildman–Crippen MR) is 105 cm³/mol. The van der Waals surface area contributed by atoms with Gasteiger partial charge in [-0.15, -0.1) is 0 Å². The second-order valence-electron chi connectivity index (χ2n) is 4.84. The molecule has 0 aliphatic rings. The topological polar surface area (TPSA) is 98.0 Å². The fourth-order valence-corrected chi connectivity index (χ4v) is 2.53. The van der Waals surface area contributed by atoms with E-state index in [2.05, 4.69) is 15.8 Å². The molecule has 0 saturated carbocycles. The van der Waals surface area contributed by atoms with E-state index in [0.29, 0.717) is 22.1 Å². The molecule has 0 aromatic heterocycles. The Hall–Kier alpha value is -2.91. The van der Waals surface area contributed by atoms with Crippen molar-refractivity contribution in [1.29, 1.82) is 0 Å². The molecular weight excluding hydrogens is 380 g/mol. The largest absolute Gasteiger partial charge is 0.493 e. The summed E-state index contributed by atoms with van der Waals surface area (Å²) in [5, 5.41) is 18.2. The Morgan fingerprint density at radius 3 is 2.69 bits per heavy atom. The van der Waals surface area contributed by atoms with Crippen LogP contribution in [0.5, 0.6) is 11.5 Å². The van der Waals surface area contributed by atoms with Crippen LogP contribution in [0, 0.1) is 10.1 Å². The van der Waals surface area contributed by atoms with E-state index < -0.39 is 4.92 Å². The molecule has 0 amide bonds. The van der Waals surface area contributed by atoms with Gasteiger partial charge < -0.3 is 14.8 Å². The van der Waals surface area contributed by atoms with Gasteiger partial charge in [0.2, 0.25) is 0 Å². The first-order valence-corrected chi connectivity index (χ1v) is 8.00. The van der Waals surface area contributed by atoms with Gasteiger partial charge in [0.05, 0.1) is 30.4 Å². The number of nitro groups is 1. The molecule has 2 N–H and O–H groups in total. The molecule has 26 heavy (non-hydrogen) atoms. The van der Waals surface area contributed by atoms with Crippen LogP contribution < -0.4 is 20.2 Å². The van der Waals surface area contributed by atoms with E-state index in [4.69, 9.17) is 33.3 Å². The van der Waals surface area contributed by atoms with Crippen LogP contribution in [0.1, 0.15) is 5.56 Å². The highest BCUT2D eigenvalue weighted by Gasteiger charge is 2.13. The molecule has 0 aliphatic heterocycles. The van der Waals surface area contributed by atoms with Gasteiger partial charge in [0.25, 0.3) is 5.69 Å². The zero-order chi connectivity index (χ0) is 19.1. The number of thiocarbonyl (C=S) groups is 1. The minimum atomic E-state index is -0.500. The summed E-state index contributed by atoms with van der Waals surface area (Å²) in [5.74, 6) is 0.884. The fourth-order valence-electron chi connectivity index (χ4n) is 2.07. The molecule has 0 aliphatic carbocycles. The lowest BCUT2D eigenvalue weighted by Gasteiger charge is -2.10. The predicted octanol–water partition coefficient (Wildman–Crippen LogP) is 3.59. The van der Waals surface area contributed by atoms with Crippen LogP contribution in [-0.2, 0) is 0 Å². The summed E-state index contributed by atoms with van der Waals surface area (Å²) in [4.78, 5) is 10.5. The number of hydrazone groups is 1. The van der Waals surface area contributed by atoms with Crippen LogP contribution in [0.2, 0.25) is 5.02 Å². The molecule has 10 heteroatoms. The summed E-state index contributed by atoms with van der Waals surface area (Å²) in [6, 6.07) is 9.48. The lowest BCUT2D eigenvalue weighted by atomic mass is 10.2. The summed E-state index contributed by atoms with van der Waals surface area (Å²) in [7, 11) is 2.99. The van der Waals surface area contributed by atoms with Crippen molar-refractivity contribution < 1.29 is 14.4 Å². The van der Waals surface area contributed by atoms with Crippen molar-refractivity contribution in [3.05, 3.63) is 57.1 Å². The zero-order valence-corrected chi connectivity index (χ0v) is 15.4. The number of halogens is 1. The summed E-state index contributed by atoms with van der Waals surface area (Å²) in [5.41, 5.74) is 3.40. The van der Waals surface area contributed by atoms with E-state index in [1.165, 1.54) is 26.5 Å². The van der Waals surface area contributed by atoms with E-state index in [0.717, 1.165) is 0 Å².